The molecule has 4 heteroatoms. The molecule has 0 spiro atoms. The smallest absolute Gasteiger partial charge is 0.277 e. The van der Waals surface area contributed by atoms with E-state index in [1.807, 2.05) is 18.2 Å². The molecule has 0 saturated carbocycles. The van der Waals surface area contributed by atoms with Crippen LogP contribution in [0.4, 0.5) is 0 Å². The van der Waals surface area contributed by atoms with Crippen LogP contribution in [0.5, 0.6) is 0 Å². The van der Waals surface area contributed by atoms with Gasteiger partial charge in [-0.1, -0.05) is 38.5 Å². The number of unbranched alkanes of at least 4 members (excludes halogenated alkanes) is 1. The van der Waals surface area contributed by atoms with Crippen molar-refractivity contribution in [1.82, 2.24) is 9.80 Å². The van der Waals surface area contributed by atoms with Gasteiger partial charge < -0.3 is 4.90 Å². The summed E-state index contributed by atoms with van der Waals surface area (Å²) < 4.78 is 0. The van der Waals surface area contributed by atoms with Crippen molar-refractivity contribution in [3.63, 3.8) is 0 Å². The molecule has 4 nitrogen and oxygen atoms in total. The molecule has 1 saturated heterocycles. The van der Waals surface area contributed by atoms with E-state index in [1.165, 1.54) is 10.5 Å². The van der Waals surface area contributed by atoms with Crippen molar-refractivity contribution < 1.29 is 9.59 Å². The minimum absolute atomic E-state index is 0.105. The summed E-state index contributed by atoms with van der Waals surface area (Å²) in [7, 11) is 0. The first-order valence-electron chi connectivity index (χ1n) is 9.87. The van der Waals surface area contributed by atoms with Crippen LogP contribution < -0.4 is 0 Å². The SMILES string of the molecule is CCCCN1C(=O)C(c2ccc(C)c(C)c2)=C(N2CCC(C)CC2)C1=O. The van der Waals surface area contributed by atoms with Crippen molar-refractivity contribution in [3.05, 3.63) is 40.6 Å². The van der Waals surface area contributed by atoms with Crippen LogP contribution in [-0.4, -0.2) is 41.2 Å². The van der Waals surface area contributed by atoms with Crippen LogP contribution in [0, 0.1) is 19.8 Å². The van der Waals surface area contributed by atoms with Crippen LogP contribution in [-0.2, 0) is 9.59 Å². The molecule has 3 rings (SSSR count). The first kappa shape index (κ1) is 18.7. The lowest BCUT2D eigenvalue weighted by molar-refractivity contribution is -0.137. The summed E-state index contributed by atoms with van der Waals surface area (Å²) in [6, 6.07) is 6.07. The number of nitrogens with zero attached hydrogens (tertiary/aromatic N) is 2. The molecule has 0 N–H and O–H groups in total. The summed E-state index contributed by atoms with van der Waals surface area (Å²) in [5, 5.41) is 0. The van der Waals surface area contributed by atoms with Gasteiger partial charge in [0.2, 0.25) is 0 Å². The van der Waals surface area contributed by atoms with Crippen LogP contribution >= 0.6 is 0 Å². The second kappa shape index (κ2) is 7.65. The van der Waals surface area contributed by atoms with Gasteiger partial charge in [0.05, 0.1) is 5.57 Å². The molecule has 1 fully saturated rings. The Morgan fingerprint density at radius 3 is 2.35 bits per heavy atom. The van der Waals surface area contributed by atoms with Crippen molar-refractivity contribution in [3.8, 4) is 0 Å². The number of hydrogen-bond acceptors (Lipinski definition) is 3. The number of piperidine rings is 1. The van der Waals surface area contributed by atoms with E-state index in [9.17, 15) is 9.59 Å². The molecule has 26 heavy (non-hydrogen) atoms. The van der Waals surface area contributed by atoms with Gasteiger partial charge in [-0.3, -0.25) is 14.5 Å². The van der Waals surface area contributed by atoms with E-state index in [1.54, 1.807) is 0 Å². The lowest BCUT2D eigenvalue weighted by Gasteiger charge is -2.32. The Morgan fingerprint density at radius 1 is 1.04 bits per heavy atom. The van der Waals surface area contributed by atoms with Gasteiger partial charge in [-0.25, -0.2) is 0 Å². The number of aryl methyl sites for hydroxylation is 2. The molecule has 2 aliphatic heterocycles. The topological polar surface area (TPSA) is 40.6 Å². The number of hydrogen-bond donors (Lipinski definition) is 0. The van der Waals surface area contributed by atoms with Crippen molar-refractivity contribution >= 4 is 17.4 Å². The van der Waals surface area contributed by atoms with Crippen molar-refractivity contribution in [1.29, 1.82) is 0 Å². The molecule has 0 bridgehead atoms. The molecule has 140 valence electrons. The van der Waals surface area contributed by atoms with E-state index in [0.717, 1.165) is 49.9 Å². The molecule has 1 aromatic carbocycles. The summed E-state index contributed by atoms with van der Waals surface area (Å²) in [6.45, 7) is 10.7. The number of imide groups is 1. The number of rotatable bonds is 5. The zero-order valence-corrected chi connectivity index (χ0v) is 16.5. The number of benzene rings is 1. The van der Waals surface area contributed by atoms with E-state index in [4.69, 9.17) is 0 Å². The van der Waals surface area contributed by atoms with E-state index >= 15 is 0 Å². The first-order chi connectivity index (χ1) is 12.4. The summed E-state index contributed by atoms with van der Waals surface area (Å²) >= 11 is 0. The average molecular weight is 354 g/mol. The third-order valence-corrected chi connectivity index (χ3v) is 5.77. The number of carbonyl (C=O) groups is 2. The van der Waals surface area contributed by atoms with E-state index in [0.29, 0.717) is 23.7 Å². The van der Waals surface area contributed by atoms with Crippen LogP contribution in [0.3, 0.4) is 0 Å². The Morgan fingerprint density at radius 2 is 1.73 bits per heavy atom. The molecule has 2 amide bonds. The maximum absolute atomic E-state index is 13.2. The summed E-state index contributed by atoms with van der Waals surface area (Å²) in [6.07, 6.45) is 3.95. The van der Waals surface area contributed by atoms with Crippen LogP contribution in [0.2, 0.25) is 0 Å². The van der Waals surface area contributed by atoms with Gasteiger partial charge in [0.25, 0.3) is 11.8 Å². The molecule has 0 aliphatic carbocycles. The third-order valence-electron chi connectivity index (χ3n) is 5.77. The second-order valence-corrected chi connectivity index (χ2v) is 7.81. The van der Waals surface area contributed by atoms with Crippen molar-refractivity contribution in [2.24, 2.45) is 5.92 Å². The Kier molecular flexibility index (Phi) is 5.49. The normalized spacial score (nSPS) is 19.1. The van der Waals surface area contributed by atoms with Gasteiger partial charge >= 0.3 is 0 Å². The quantitative estimate of drug-likeness (QED) is 0.753. The Hall–Kier alpha value is -2.10. The summed E-state index contributed by atoms with van der Waals surface area (Å²) in [5.74, 6) is 0.451. The fourth-order valence-corrected chi connectivity index (χ4v) is 3.77. The highest BCUT2D eigenvalue weighted by atomic mass is 16.2. The molecular formula is C22H30N2O2. The fraction of sp³-hybridized carbons (Fsp3) is 0.545. The molecule has 0 aromatic heterocycles. The minimum atomic E-state index is -0.125. The Balaban J connectivity index is 2.03. The zero-order valence-electron chi connectivity index (χ0n) is 16.5. The highest BCUT2D eigenvalue weighted by Gasteiger charge is 2.41. The largest absolute Gasteiger partial charge is 0.366 e. The van der Waals surface area contributed by atoms with E-state index < -0.39 is 0 Å². The molecule has 0 radical (unpaired) electrons. The highest BCUT2D eigenvalue weighted by Crippen LogP contribution is 2.34. The predicted molar refractivity (Wildman–Crippen MR) is 104 cm³/mol. The summed E-state index contributed by atoms with van der Waals surface area (Å²) in [5.41, 5.74) is 4.44. The molecule has 2 aliphatic rings. The number of likely N-dealkylation sites (tertiary alicyclic amines) is 1. The lowest BCUT2D eigenvalue weighted by Crippen LogP contribution is -2.38. The molecule has 0 unspecified atom stereocenters. The number of amides is 2. The molecule has 0 atom stereocenters. The standard InChI is InChI=1S/C22H30N2O2/c1-5-6-11-24-21(25)19(18-8-7-16(3)17(4)14-18)20(22(24)26)23-12-9-15(2)10-13-23/h7-8,14-15H,5-6,9-13H2,1-4H3. The molecular weight excluding hydrogens is 324 g/mol. The van der Waals surface area contributed by atoms with Crippen molar-refractivity contribution in [2.45, 2.75) is 53.4 Å². The van der Waals surface area contributed by atoms with Gasteiger partial charge in [0.15, 0.2) is 0 Å². The molecule has 2 heterocycles. The van der Waals surface area contributed by atoms with Gasteiger partial charge in [-0.15, -0.1) is 0 Å². The maximum Gasteiger partial charge on any atom is 0.277 e. The zero-order chi connectivity index (χ0) is 18.8. The van der Waals surface area contributed by atoms with E-state index in [2.05, 4.69) is 32.6 Å². The summed E-state index contributed by atoms with van der Waals surface area (Å²) in [4.78, 5) is 29.9. The van der Waals surface area contributed by atoms with Gasteiger partial charge in [0.1, 0.15) is 5.70 Å². The predicted octanol–water partition coefficient (Wildman–Crippen LogP) is 3.92. The van der Waals surface area contributed by atoms with Crippen LogP contribution in [0.25, 0.3) is 5.57 Å². The van der Waals surface area contributed by atoms with Crippen molar-refractivity contribution in [2.75, 3.05) is 19.6 Å². The van der Waals surface area contributed by atoms with E-state index in [-0.39, 0.29) is 11.8 Å². The Labute approximate surface area is 156 Å². The second-order valence-electron chi connectivity index (χ2n) is 7.81. The Bertz CT molecular complexity index is 743. The van der Waals surface area contributed by atoms with Crippen LogP contribution in [0.15, 0.2) is 23.9 Å². The maximum atomic E-state index is 13.2. The lowest BCUT2D eigenvalue weighted by atomic mass is 9.96. The van der Waals surface area contributed by atoms with Gasteiger partial charge in [-0.05, 0) is 55.7 Å². The minimum Gasteiger partial charge on any atom is -0.366 e. The first-order valence-corrected chi connectivity index (χ1v) is 9.87. The third kappa shape index (κ3) is 3.42. The highest BCUT2D eigenvalue weighted by molar-refractivity contribution is 6.35. The van der Waals surface area contributed by atoms with Crippen LogP contribution in [0.1, 0.15) is 56.2 Å². The number of carbonyl (C=O) groups excluding carboxylic acids is 2. The molecule has 1 aromatic rings. The average Bonchev–Trinajstić information content (AvgIpc) is 2.87. The monoisotopic (exact) mass is 354 g/mol. The van der Waals surface area contributed by atoms with Gasteiger partial charge in [0, 0.05) is 19.6 Å². The fourth-order valence-electron chi connectivity index (χ4n) is 3.77. The van der Waals surface area contributed by atoms with Gasteiger partial charge in [-0.2, -0.15) is 0 Å².